The highest BCUT2D eigenvalue weighted by Gasteiger charge is 2.29. The molecule has 1 fully saturated rings. The number of hydrogen-bond acceptors (Lipinski definition) is 4. The third kappa shape index (κ3) is 4.73. The number of carbonyl (C=O) groups excluding carboxylic acids is 1. The van der Waals surface area contributed by atoms with Crippen LogP contribution in [-0.4, -0.2) is 38.1 Å². The van der Waals surface area contributed by atoms with E-state index < -0.39 is 0 Å². The van der Waals surface area contributed by atoms with Crippen molar-refractivity contribution in [3.63, 3.8) is 0 Å². The molecule has 0 unspecified atom stereocenters. The number of rotatable bonds is 7. The highest BCUT2D eigenvalue weighted by Crippen LogP contribution is 2.38. The van der Waals surface area contributed by atoms with Crippen LogP contribution >= 0.6 is 11.6 Å². The fourth-order valence-electron chi connectivity index (χ4n) is 3.54. The molecule has 2 aromatic carbocycles. The van der Waals surface area contributed by atoms with Crippen LogP contribution in [-0.2, 0) is 11.3 Å². The summed E-state index contributed by atoms with van der Waals surface area (Å²) >= 11 is 6.15. The van der Waals surface area contributed by atoms with Crippen LogP contribution in [0.25, 0.3) is 0 Å². The molecule has 0 saturated carbocycles. The summed E-state index contributed by atoms with van der Waals surface area (Å²) in [5, 5.41) is 3.64. The Kier molecular flexibility index (Phi) is 6.58. The quantitative estimate of drug-likeness (QED) is 0.783. The molecule has 0 aromatic heterocycles. The van der Waals surface area contributed by atoms with Gasteiger partial charge in [-0.2, -0.15) is 0 Å². The average Bonchev–Trinajstić information content (AvgIpc) is 3.14. The Morgan fingerprint density at radius 1 is 1.22 bits per heavy atom. The second-order valence-corrected chi connectivity index (χ2v) is 7.01. The van der Waals surface area contributed by atoms with E-state index in [0.717, 1.165) is 42.0 Å². The van der Waals surface area contributed by atoms with Crippen molar-refractivity contribution in [2.24, 2.45) is 0 Å². The molecule has 6 heteroatoms. The monoisotopic (exact) mass is 388 g/mol. The van der Waals surface area contributed by atoms with Gasteiger partial charge < -0.3 is 14.8 Å². The van der Waals surface area contributed by atoms with Crippen LogP contribution in [0.1, 0.15) is 30.0 Å². The largest absolute Gasteiger partial charge is 0.497 e. The van der Waals surface area contributed by atoms with Crippen molar-refractivity contribution in [2.75, 3.05) is 27.3 Å². The molecular weight excluding hydrogens is 364 g/mol. The van der Waals surface area contributed by atoms with Gasteiger partial charge in [0.2, 0.25) is 5.91 Å². The van der Waals surface area contributed by atoms with E-state index in [-0.39, 0.29) is 11.9 Å². The van der Waals surface area contributed by atoms with E-state index in [0.29, 0.717) is 18.1 Å². The SMILES string of the molecule is COc1ccc([C@@H]2CCCN2CC(=O)NCc2ccccc2Cl)c(OC)c1. The van der Waals surface area contributed by atoms with Gasteiger partial charge in [-0.3, -0.25) is 9.69 Å². The second kappa shape index (κ2) is 9.11. The standard InChI is InChI=1S/C21H25ClN2O3/c1-26-16-9-10-17(20(12-16)27-2)19-8-5-11-24(19)14-21(25)23-13-15-6-3-4-7-18(15)22/h3-4,6-7,9-10,12,19H,5,8,11,13-14H2,1-2H3,(H,23,25)/t19-/m0/s1. The van der Waals surface area contributed by atoms with E-state index in [2.05, 4.69) is 10.2 Å². The lowest BCUT2D eigenvalue weighted by molar-refractivity contribution is -0.122. The molecule has 27 heavy (non-hydrogen) atoms. The van der Waals surface area contributed by atoms with Gasteiger partial charge in [0.05, 0.1) is 20.8 Å². The van der Waals surface area contributed by atoms with Crippen LogP contribution < -0.4 is 14.8 Å². The van der Waals surface area contributed by atoms with Gasteiger partial charge in [-0.15, -0.1) is 0 Å². The highest BCUT2D eigenvalue weighted by atomic mass is 35.5. The average molecular weight is 389 g/mol. The number of nitrogens with one attached hydrogen (secondary N) is 1. The van der Waals surface area contributed by atoms with Crippen LogP contribution in [0.4, 0.5) is 0 Å². The topological polar surface area (TPSA) is 50.8 Å². The predicted octanol–water partition coefficient (Wildman–Crippen LogP) is 3.81. The third-order valence-corrected chi connectivity index (χ3v) is 5.31. The molecule has 0 spiro atoms. The Morgan fingerprint density at radius 2 is 2.04 bits per heavy atom. The molecule has 3 rings (SSSR count). The zero-order valence-corrected chi connectivity index (χ0v) is 16.5. The van der Waals surface area contributed by atoms with Crippen molar-refractivity contribution in [1.82, 2.24) is 10.2 Å². The molecule has 0 bridgehead atoms. The van der Waals surface area contributed by atoms with Crippen molar-refractivity contribution in [3.8, 4) is 11.5 Å². The smallest absolute Gasteiger partial charge is 0.234 e. The van der Waals surface area contributed by atoms with Gasteiger partial charge in [0.25, 0.3) is 0 Å². The van der Waals surface area contributed by atoms with E-state index in [1.807, 2.05) is 42.5 Å². The number of halogens is 1. The molecule has 144 valence electrons. The first kappa shape index (κ1) is 19.5. The van der Waals surface area contributed by atoms with Gasteiger partial charge in [-0.1, -0.05) is 35.9 Å². The maximum absolute atomic E-state index is 12.5. The normalized spacial score (nSPS) is 16.9. The molecule has 5 nitrogen and oxygen atoms in total. The molecule has 1 aliphatic rings. The zero-order chi connectivity index (χ0) is 19.2. The van der Waals surface area contributed by atoms with Crippen molar-refractivity contribution >= 4 is 17.5 Å². The van der Waals surface area contributed by atoms with Crippen LogP contribution in [0, 0.1) is 0 Å². The number of likely N-dealkylation sites (tertiary alicyclic amines) is 1. The Morgan fingerprint density at radius 3 is 2.78 bits per heavy atom. The lowest BCUT2D eigenvalue weighted by Gasteiger charge is -2.26. The van der Waals surface area contributed by atoms with E-state index in [1.54, 1.807) is 14.2 Å². The first-order valence-electron chi connectivity index (χ1n) is 9.08. The van der Waals surface area contributed by atoms with Crippen molar-refractivity contribution in [2.45, 2.75) is 25.4 Å². The molecule has 0 radical (unpaired) electrons. The molecule has 1 N–H and O–H groups in total. The summed E-state index contributed by atoms with van der Waals surface area (Å²) in [5.41, 5.74) is 2.01. The molecule has 2 aromatic rings. The Balaban J connectivity index is 1.64. The molecule has 1 amide bonds. The van der Waals surface area contributed by atoms with Crippen LogP contribution in [0.5, 0.6) is 11.5 Å². The van der Waals surface area contributed by atoms with Gasteiger partial charge in [0.1, 0.15) is 11.5 Å². The van der Waals surface area contributed by atoms with Gasteiger partial charge in [0.15, 0.2) is 0 Å². The summed E-state index contributed by atoms with van der Waals surface area (Å²) in [6.07, 6.45) is 2.05. The summed E-state index contributed by atoms with van der Waals surface area (Å²) in [7, 11) is 3.30. The fraction of sp³-hybridized carbons (Fsp3) is 0.381. The lowest BCUT2D eigenvalue weighted by atomic mass is 10.0. The molecule has 1 aliphatic heterocycles. The van der Waals surface area contributed by atoms with Crippen molar-refractivity contribution in [3.05, 3.63) is 58.6 Å². The van der Waals surface area contributed by atoms with Crippen LogP contribution in [0.3, 0.4) is 0 Å². The zero-order valence-electron chi connectivity index (χ0n) is 15.7. The van der Waals surface area contributed by atoms with Crippen LogP contribution in [0.15, 0.2) is 42.5 Å². The molecule has 1 atom stereocenters. The fourth-order valence-corrected chi connectivity index (χ4v) is 3.74. The molecular formula is C21H25ClN2O3. The number of methoxy groups -OCH3 is 2. The Bertz CT molecular complexity index is 797. The molecule has 1 heterocycles. The maximum atomic E-state index is 12.5. The van der Waals surface area contributed by atoms with Gasteiger partial charge in [-0.05, 0) is 37.1 Å². The number of nitrogens with zero attached hydrogens (tertiary/aromatic N) is 1. The Hall–Kier alpha value is -2.24. The first-order valence-corrected chi connectivity index (χ1v) is 9.46. The Labute approximate surface area is 165 Å². The predicted molar refractivity (Wildman–Crippen MR) is 106 cm³/mol. The summed E-state index contributed by atoms with van der Waals surface area (Å²) in [6, 6.07) is 13.6. The van der Waals surface area contributed by atoms with Crippen molar-refractivity contribution < 1.29 is 14.3 Å². The third-order valence-electron chi connectivity index (χ3n) is 4.94. The summed E-state index contributed by atoms with van der Waals surface area (Å²) in [4.78, 5) is 14.7. The number of ether oxygens (including phenoxy) is 2. The van der Waals surface area contributed by atoms with E-state index in [1.165, 1.54) is 0 Å². The number of carbonyl (C=O) groups is 1. The lowest BCUT2D eigenvalue weighted by Crippen LogP contribution is -2.36. The number of benzene rings is 2. The number of amides is 1. The van der Waals surface area contributed by atoms with Gasteiger partial charge in [-0.25, -0.2) is 0 Å². The minimum atomic E-state index is -0.00528. The van der Waals surface area contributed by atoms with E-state index >= 15 is 0 Å². The van der Waals surface area contributed by atoms with Gasteiger partial charge >= 0.3 is 0 Å². The highest BCUT2D eigenvalue weighted by molar-refractivity contribution is 6.31. The summed E-state index contributed by atoms with van der Waals surface area (Å²) in [6.45, 7) is 1.67. The van der Waals surface area contributed by atoms with Crippen molar-refractivity contribution in [1.29, 1.82) is 0 Å². The summed E-state index contributed by atoms with van der Waals surface area (Å²) < 4.78 is 10.8. The first-order chi connectivity index (χ1) is 13.1. The minimum absolute atomic E-state index is 0.00528. The van der Waals surface area contributed by atoms with E-state index in [4.69, 9.17) is 21.1 Å². The second-order valence-electron chi connectivity index (χ2n) is 6.60. The maximum Gasteiger partial charge on any atom is 0.234 e. The van der Waals surface area contributed by atoms with Crippen LogP contribution in [0.2, 0.25) is 5.02 Å². The molecule has 0 aliphatic carbocycles. The minimum Gasteiger partial charge on any atom is -0.497 e. The molecule has 1 saturated heterocycles. The number of hydrogen-bond donors (Lipinski definition) is 1. The summed E-state index contributed by atoms with van der Waals surface area (Å²) in [5.74, 6) is 1.55. The van der Waals surface area contributed by atoms with E-state index in [9.17, 15) is 4.79 Å². The van der Waals surface area contributed by atoms with Gasteiger partial charge in [0, 0.05) is 29.2 Å².